The molecule has 6 heteroatoms. The highest BCUT2D eigenvalue weighted by molar-refractivity contribution is 5.97. The smallest absolute Gasteiger partial charge is 0.342 e. The van der Waals surface area contributed by atoms with Crippen LogP contribution >= 0.6 is 0 Å². The van der Waals surface area contributed by atoms with Crippen LogP contribution in [0, 0.1) is 0 Å². The Bertz CT molecular complexity index is 625. The van der Waals surface area contributed by atoms with Crippen LogP contribution in [-0.4, -0.2) is 46.7 Å². The molecule has 0 aliphatic carbocycles. The van der Waals surface area contributed by atoms with Crippen molar-refractivity contribution >= 4 is 12.0 Å². The molecule has 2 rings (SSSR count). The van der Waals surface area contributed by atoms with Gasteiger partial charge in [0.1, 0.15) is 17.1 Å². The van der Waals surface area contributed by atoms with Crippen molar-refractivity contribution in [3.05, 3.63) is 29.3 Å². The number of esters is 1. The van der Waals surface area contributed by atoms with Gasteiger partial charge in [0.05, 0.1) is 25.4 Å². The molecule has 0 radical (unpaired) electrons. The molecule has 138 valence electrons. The summed E-state index contributed by atoms with van der Waals surface area (Å²) in [4.78, 5) is 12.5. The zero-order valence-electron chi connectivity index (χ0n) is 14.6. The highest BCUT2D eigenvalue weighted by atomic mass is 16.5. The summed E-state index contributed by atoms with van der Waals surface area (Å²) >= 11 is 0. The number of allylic oxidation sites excluding steroid dienone is 1. The monoisotopic (exact) mass is 350 g/mol. The molecule has 6 nitrogen and oxygen atoms in total. The number of aliphatic hydroxyl groups excluding tert-OH is 2. The molecule has 1 aliphatic rings. The number of hydrogen-bond acceptors (Lipinski definition) is 6. The molecule has 0 bridgehead atoms. The van der Waals surface area contributed by atoms with Crippen molar-refractivity contribution in [1.82, 2.24) is 0 Å². The highest BCUT2D eigenvalue weighted by Crippen LogP contribution is 2.30. The third-order valence-electron chi connectivity index (χ3n) is 4.35. The molecule has 1 aromatic rings. The van der Waals surface area contributed by atoms with E-state index in [1.165, 1.54) is 13.2 Å². The van der Waals surface area contributed by atoms with Crippen molar-refractivity contribution in [1.29, 1.82) is 0 Å². The van der Waals surface area contributed by atoms with Crippen molar-refractivity contribution in [2.24, 2.45) is 0 Å². The van der Waals surface area contributed by atoms with Crippen LogP contribution in [0.15, 0.2) is 18.2 Å². The van der Waals surface area contributed by atoms with E-state index in [0.717, 1.165) is 0 Å². The van der Waals surface area contributed by atoms with E-state index in [1.54, 1.807) is 25.1 Å². The SMILES string of the molecule is COc1cc(O)c2c(c1)C=CCC[C@H](O)[C@@H](O)CCC[C@H](C)OC2=O. The number of carbonyl (C=O) groups excluding carboxylic acids is 1. The summed E-state index contributed by atoms with van der Waals surface area (Å²) in [6.07, 6.45) is 4.14. The number of cyclic esters (lactones) is 1. The molecule has 0 spiro atoms. The quantitative estimate of drug-likeness (QED) is 0.674. The number of hydrogen-bond donors (Lipinski definition) is 3. The number of carbonyl (C=O) groups is 1. The second-order valence-electron chi connectivity index (χ2n) is 6.37. The molecule has 0 unspecified atom stereocenters. The first-order chi connectivity index (χ1) is 11.9. The Morgan fingerprint density at radius 1 is 1.16 bits per heavy atom. The summed E-state index contributed by atoms with van der Waals surface area (Å²) in [6.45, 7) is 1.77. The fourth-order valence-electron chi connectivity index (χ4n) is 2.87. The van der Waals surface area contributed by atoms with Crippen molar-refractivity contribution in [2.45, 2.75) is 57.3 Å². The van der Waals surface area contributed by atoms with Gasteiger partial charge in [-0.05, 0) is 50.7 Å². The van der Waals surface area contributed by atoms with E-state index in [-0.39, 0.29) is 17.4 Å². The summed E-state index contributed by atoms with van der Waals surface area (Å²) in [6, 6.07) is 3.02. The lowest BCUT2D eigenvalue weighted by Crippen LogP contribution is -2.26. The number of phenolic OH excluding ortho intramolecular Hbond substituents is 1. The first-order valence-corrected chi connectivity index (χ1v) is 8.57. The normalized spacial score (nSPS) is 25.6. The molecule has 3 atom stereocenters. The van der Waals surface area contributed by atoms with E-state index >= 15 is 0 Å². The fourth-order valence-corrected chi connectivity index (χ4v) is 2.87. The Morgan fingerprint density at radius 2 is 1.88 bits per heavy atom. The molecule has 0 saturated heterocycles. The van der Waals surface area contributed by atoms with Crippen molar-refractivity contribution in [2.75, 3.05) is 7.11 Å². The van der Waals surface area contributed by atoms with Gasteiger partial charge in [-0.1, -0.05) is 12.2 Å². The number of rotatable bonds is 1. The molecule has 1 aliphatic heterocycles. The van der Waals surface area contributed by atoms with Gasteiger partial charge in [-0.3, -0.25) is 0 Å². The van der Waals surface area contributed by atoms with Crippen molar-refractivity contribution < 1.29 is 29.6 Å². The largest absolute Gasteiger partial charge is 0.507 e. The molecule has 1 aromatic carbocycles. The van der Waals surface area contributed by atoms with Gasteiger partial charge in [-0.2, -0.15) is 0 Å². The topological polar surface area (TPSA) is 96.2 Å². The van der Waals surface area contributed by atoms with E-state index in [1.807, 2.05) is 0 Å². The van der Waals surface area contributed by atoms with Gasteiger partial charge in [0.15, 0.2) is 0 Å². The van der Waals surface area contributed by atoms with E-state index < -0.39 is 18.2 Å². The maximum atomic E-state index is 12.5. The minimum atomic E-state index is -0.788. The minimum absolute atomic E-state index is 0.0987. The van der Waals surface area contributed by atoms with Crippen LogP contribution < -0.4 is 4.74 Å². The zero-order valence-corrected chi connectivity index (χ0v) is 14.6. The maximum absolute atomic E-state index is 12.5. The number of phenols is 1. The minimum Gasteiger partial charge on any atom is -0.507 e. The first-order valence-electron chi connectivity index (χ1n) is 8.57. The summed E-state index contributed by atoms with van der Waals surface area (Å²) < 4.78 is 10.6. The molecule has 0 saturated carbocycles. The van der Waals surface area contributed by atoms with E-state index in [0.29, 0.717) is 43.4 Å². The summed E-state index contributed by atoms with van der Waals surface area (Å²) in [5.41, 5.74) is 0.586. The van der Waals surface area contributed by atoms with E-state index in [9.17, 15) is 20.1 Å². The van der Waals surface area contributed by atoms with Crippen LogP contribution in [0.1, 0.15) is 54.9 Å². The van der Waals surface area contributed by atoms with Crippen LogP contribution in [0.2, 0.25) is 0 Å². The van der Waals surface area contributed by atoms with Crippen molar-refractivity contribution in [3.8, 4) is 11.5 Å². The van der Waals surface area contributed by atoms with Crippen LogP contribution in [0.3, 0.4) is 0 Å². The van der Waals surface area contributed by atoms with Gasteiger partial charge in [0.2, 0.25) is 0 Å². The Kier molecular flexibility index (Phi) is 6.84. The van der Waals surface area contributed by atoms with Gasteiger partial charge in [0.25, 0.3) is 0 Å². The zero-order chi connectivity index (χ0) is 18.4. The Labute approximate surface area is 147 Å². The predicted octanol–water partition coefficient (Wildman–Crippen LogP) is 2.65. The average molecular weight is 350 g/mol. The average Bonchev–Trinajstić information content (AvgIpc) is 2.56. The second kappa shape index (κ2) is 8.87. The molecule has 3 N–H and O–H groups in total. The van der Waals surface area contributed by atoms with E-state index in [2.05, 4.69) is 0 Å². The standard InChI is InChI=1S/C19H26O6/c1-12-6-5-9-16(21)15(20)8-4-3-7-13-10-14(24-2)11-17(22)18(13)19(23)25-12/h3,7,10-12,15-16,20-22H,4-6,8-9H2,1-2H3/t12-,15-,16-/m0/s1. The van der Waals surface area contributed by atoms with Crippen LogP contribution in [0.5, 0.6) is 11.5 Å². The van der Waals surface area contributed by atoms with Gasteiger partial charge < -0.3 is 24.8 Å². The van der Waals surface area contributed by atoms with Crippen LogP contribution in [0.25, 0.3) is 6.08 Å². The molecule has 0 amide bonds. The lowest BCUT2D eigenvalue weighted by atomic mass is 10.00. The van der Waals surface area contributed by atoms with Gasteiger partial charge in [-0.25, -0.2) is 4.79 Å². The van der Waals surface area contributed by atoms with Gasteiger partial charge >= 0.3 is 5.97 Å². The van der Waals surface area contributed by atoms with Gasteiger partial charge in [0, 0.05) is 6.07 Å². The summed E-state index contributed by atoms with van der Waals surface area (Å²) in [7, 11) is 1.48. The van der Waals surface area contributed by atoms with Crippen LogP contribution in [-0.2, 0) is 4.74 Å². The molecule has 0 fully saturated rings. The number of ether oxygens (including phenoxy) is 2. The van der Waals surface area contributed by atoms with Crippen molar-refractivity contribution in [3.63, 3.8) is 0 Å². The molecule has 0 aromatic heterocycles. The predicted molar refractivity (Wildman–Crippen MR) is 93.7 cm³/mol. The molecular formula is C19H26O6. The van der Waals surface area contributed by atoms with Gasteiger partial charge in [-0.15, -0.1) is 0 Å². The third-order valence-corrected chi connectivity index (χ3v) is 4.35. The summed E-state index contributed by atoms with van der Waals surface area (Å²) in [5.74, 6) is -0.359. The highest BCUT2D eigenvalue weighted by Gasteiger charge is 2.22. The number of benzene rings is 1. The van der Waals surface area contributed by atoms with E-state index in [4.69, 9.17) is 9.47 Å². The number of aliphatic hydroxyl groups is 2. The maximum Gasteiger partial charge on any atom is 0.342 e. The molecule has 1 heterocycles. The molecule has 25 heavy (non-hydrogen) atoms. The summed E-state index contributed by atoms with van der Waals surface area (Å²) in [5, 5.41) is 30.2. The Balaban J connectivity index is 2.35. The number of aromatic hydroxyl groups is 1. The Hall–Kier alpha value is -2.05. The first kappa shape index (κ1) is 19.3. The lowest BCUT2D eigenvalue weighted by Gasteiger charge is -2.20. The molecular weight excluding hydrogens is 324 g/mol. The second-order valence-corrected chi connectivity index (χ2v) is 6.37. The van der Waals surface area contributed by atoms with Crippen LogP contribution in [0.4, 0.5) is 0 Å². The Morgan fingerprint density at radius 3 is 2.60 bits per heavy atom. The third kappa shape index (κ3) is 5.21. The number of methoxy groups -OCH3 is 1. The fraction of sp³-hybridized carbons (Fsp3) is 0.526. The number of fused-ring (bicyclic) bond motifs is 1. The lowest BCUT2D eigenvalue weighted by molar-refractivity contribution is 0.00511.